The minimum atomic E-state index is -3.45. The second kappa shape index (κ2) is 4.12. The van der Waals surface area contributed by atoms with E-state index in [1.165, 1.54) is 6.92 Å². The smallest absolute Gasteiger partial charge is 0.326 e. The van der Waals surface area contributed by atoms with E-state index in [2.05, 4.69) is 0 Å². The van der Waals surface area contributed by atoms with Gasteiger partial charge >= 0.3 is 11.9 Å². The number of alkyl halides is 2. The molecule has 15 heavy (non-hydrogen) atoms. The molecule has 0 radical (unpaired) electrons. The summed E-state index contributed by atoms with van der Waals surface area (Å²) in [5, 5.41) is 8.73. The number of aliphatic carboxylic acids is 1. The number of carboxylic acid groups (broad SMARTS) is 1. The molecule has 86 valence electrons. The van der Waals surface area contributed by atoms with Gasteiger partial charge in [0.2, 0.25) is 0 Å². The summed E-state index contributed by atoms with van der Waals surface area (Å²) in [5.41, 5.74) is 0. The lowest BCUT2D eigenvalue weighted by molar-refractivity contribution is -0.163. The Balaban J connectivity index is 2.79. The molecule has 0 aromatic heterocycles. The molecule has 0 aromatic carbocycles. The van der Waals surface area contributed by atoms with Crippen molar-refractivity contribution >= 4 is 11.9 Å². The lowest BCUT2D eigenvalue weighted by Gasteiger charge is -2.25. The molecule has 0 bridgehead atoms. The van der Waals surface area contributed by atoms with Gasteiger partial charge in [-0.3, -0.25) is 4.79 Å². The average Bonchev–Trinajstić information content (AvgIpc) is 2.64. The Kier molecular flexibility index (Phi) is 3.26. The van der Waals surface area contributed by atoms with Crippen molar-refractivity contribution in [2.24, 2.45) is 0 Å². The number of hydrogen-bond donors (Lipinski definition) is 1. The lowest BCUT2D eigenvalue weighted by atomic mass is 10.2. The molecule has 0 spiro atoms. The van der Waals surface area contributed by atoms with Crippen molar-refractivity contribution in [3.8, 4) is 0 Å². The normalized spacial score (nSPS) is 21.8. The highest BCUT2D eigenvalue weighted by atomic mass is 19.3. The van der Waals surface area contributed by atoms with Crippen molar-refractivity contribution in [3.05, 3.63) is 0 Å². The van der Waals surface area contributed by atoms with Crippen LogP contribution in [-0.4, -0.2) is 40.4 Å². The first-order valence-electron chi connectivity index (χ1n) is 4.82. The predicted octanol–water partition coefficient (Wildman–Crippen LogP) is 1.11. The largest absolute Gasteiger partial charge is 0.480 e. The zero-order valence-corrected chi connectivity index (χ0v) is 8.37. The quantitative estimate of drug-likeness (QED) is 0.776. The standard InChI is InChI=1S/C9H13F2NO3/c1-2-9(10,11)8(15)12-5-3-4-6(12)7(13)14/h6H,2-5H2,1H3,(H,13,14). The van der Waals surface area contributed by atoms with Crippen LogP contribution in [0.25, 0.3) is 0 Å². The Morgan fingerprint density at radius 1 is 1.53 bits per heavy atom. The van der Waals surface area contributed by atoms with Crippen LogP contribution in [0.1, 0.15) is 26.2 Å². The molecule has 1 rings (SSSR count). The summed E-state index contributed by atoms with van der Waals surface area (Å²) >= 11 is 0. The fourth-order valence-electron chi connectivity index (χ4n) is 1.63. The Morgan fingerprint density at radius 2 is 2.13 bits per heavy atom. The summed E-state index contributed by atoms with van der Waals surface area (Å²) in [6.45, 7) is 1.30. The maximum atomic E-state index is 13.1. The number of carbonyl (C=O) groups excluding carboxylic acids is 1. The average molecular weight is 221 g/mol. The summed E-state index contributed by atoms with van der Waals surface area (Å²) in [7, 11) is 0. The number of rotatable bonds is 3. The molecule has 1 saturated heterocycles. The van der Waals surface area contributed by atoms with E-state index in [1.54, 1.807) is 0 Å². The van der Waals surface area contributed by atoms with E-state index < -0.39 is 30.3 Å². The lowest BCUT2D eigenvalue weighted by Crippen LogP contribution is -2.48. The van der Waals surface area contributed by atoms with Crippen LogP contribution in [0.2, 0.25) is 0 Å². The molecule has 1 atom stereocenters. The van der Waals surface area contributed by atoms with Gasteiger partial charge in [-0.15, -0.1) is 0 Å². The SMILES string of the molecule is CCC(F)(F)C(=O)N1CCCC1C(=O)O. The molecule has 1 amide bonds. The summed E-state index contributed by atoms with van der Waals surface area (Å²) in [6.07, 6.45) is 0.109. The van der Waals surface area contributed by atoms with Gasteiger partial charge in [0, 0.05) is 13.0 Å². The number of likely N-dealkylation sites (tertiary alicyclic amines) is 1. The topological polar surface area (TPSA) is 57.6 Å². The highest BCUT2D eigenvalue weighted by molar-refractivity contribution is 5.88. The molecular formula is C9H13F2NO3. The number of nitrogens with zero attached hydrogens (tertiary/aromatic N) is 1. The monoisotopic (exact) mass is 221 g/mol. The van der Waals surface area contributed by atoms with Crippen molar-refractivity contribution in [1.82, 2.24) is 4.90 Å². The van der Waals surface area contributed by atoms with Crippen molar-refractivity contribution in [3.63, 3.8) is 0 Å². The van der Waals surface area contributed by atoms with Gasteiger partial charge < -0.3 is 10.0 Å². The van der Waals surface area contributed by atoms with Gasteiger partial charge in [0.15, 0.2) is 0 Å². The summed E-state index contributed by atoms with van der Waals surface area (Å²) in [6, 6.07) is -1.09. The highest BCUT2D eigenvalue weighted by Gasteiger charge is 2.45. The number of halogens is 2. The predicted molar refractivity (Wildman–Crippen MR) is 47.6 cm³/mol. The third kappa shape index (κ3) is 2.24. The molecule has 1 aliphatic heterocycles. The van der Waals surface area contributed by atoms with E-state index in [0.29, 0.717) is 6.42 Å². The molecule has 1 heterocycles. The zero-order valence-electron chi connectivity index (χ0n) is 8.37. The maximum Gasteiger partial charge on any atom is 0.326 e. The van der Waals surface area contributed by atoms with Crippen LogP contribution in [0, 0.1) is 0 Å². The van der Waals surface area contributed by atoms with Gasteiger partial charge in [0.1, 0.15) is 6.04 Å². The Morgan fingerprint density at radius 3 is 2.60 bits per heavy atom. The van der Waals surface area contributed by atoms with Crippen molar-refractivity contribution < 1.29 is 23.5 Å². The van der Waals surface area contributed by atoms with Crippen LogP contribution in [0.15, 0.2) is 0 Å². The molecule has 1 unspecified atom stereocenters. The van der Waals surface area contributed by atoms with Gasteiger partial charge in [-0.25, -0.2) is 4.79 Å². The molecule has 1 N–H and O–H groups in total. The van der Waals surface area contributed by atoms with Gasteiger partial charge in [-0.05, 0) is 12.8 Å². The first-order valence-corrected chi connectivity index (χ1v) is 4.82. The molecule has 1 aliphatic rings. The van der Waals surface area contributed by atoms with Gasteiger partial charge in [-0.1, -0.05) is 6.92 Å². The van der Waals surface area contributed by atoms with E-state index >= 15 is 0 Å². The van der Waals surface area contributed by atoms with Crippen molar-refractivity contribution in [2.45, 2.75) is 38.2 Å². The summed E-state index contributed by atoms with van der Waals surface area (Å²) in [5.74, 6) is -6.03. The number of carboxylic acids is 1. The summed E-state index contributed by atoms with van der Waals surface area (Å²) < 4.78 is 26.1. The Bertz CT molecular complexity index is 281. The molecule has 0 saturated carbocycles. The van der Waals surface area contributed by atoms with E-state index in [-0.39, 0.29) is 13.0 Å². The van der Waals surface area contributed by atoms with Crippen molar-refractivity contribution in [1.29, 1.82) is 0 Å². The minimum absolute atomic E-state index is 0.103. The van der Waals surface area contributed by atoms with E-state index in [1.807, 2.05) is 0 Å². The fourth-order valence-corrected chi connectivity index (χ4v) is 1.63. The first-order chi connectivity index (χ1) is 6.90. The molecule has 1 fully saturated rings. The zero-order chi connectivity index (χ0) is 11.6. The molecule has 4 nitrogen and oxygen atoms in total. The molecule has 0 aromatic rings. The number of amides is 1. The minimum Gasteiger partial charge on any atom is -0.480 e. The van der Waals surface area contributed by atoms with Gasteiger partial charge in [-0.2, -0.15) is 8.78 Å². The number of carbonyl (C=O) groups is 2. The first kappa shape index (κ1) is 11.9. The van der Waals surface area contributed by atoms with Crippen LogP contribution < -0.4 is 0 Å². The third-order valence-electron chi connectivity index (χ3n) is 2.56. The van der Waals surface area contributed by atoms with Crippen LogP contribution in [0.3, 0.4) is 0 Å². The van der Waals surface area contributed by atoms with E-state index in [0.717, 1.165) is 4.90 Å². The Labute approximate surface area is 85.9 Å². The summed E-state index contributed by atoms with van der Waals surface area (Å²) in [4.78, 5) is 22.8. The van der Waals surface area contributed by atoms with Gasteiger partial charge in [0.25, 0.3) is 5.91 Å². The second-order valence-corrected chi connectivity index (χ2v) is 3.55. The van der Waals surface area contributed by atoms with Gasteiger partial charge in [0.05, 0.1) is 0 Å². The van der Waals surface area contributed by atoms with Crippen LogP contribution in [-0.2, 0) is 9.59 Å². The second-order valence-electron chi connectivity index (χ2n) is 3.55. The third-order valence-corrected chi connectivity index (χ3v) is 2.56. The number of hydrogen-bond acceptors (Lipinski definition) is 2. The molecule has 6 heteroatoms. The van der Waals surface area contributed by atoms with Crippen LogP contribution in [0.5, 0.6) is 0 Å². The van der Waals surface area contributed by atoms with Crippen molar-refractivity contribution in [2.75, 3.05) is 6.54 Å². The fraction of sp³-hybridized carbons (Fsp3) is 0.778. The van der Waals surface area contributed by atoms with Crippen LogP contribution in [0.4, 0.5) is 8.78 Å². The highest BCUT2D eigenvalue weighted by Crippen LogP contribution is 2.26. The Hall–Kier alpha value is -1.20. The van der Waals surface area contributed by atoms with Crippen LogP contribution >= 0.6 is 0 Å². The maximum absolute atomic E-state index is 13.1. The molecular weight excluding hydrogens is 208 g/mol. The van der Waals surface area contributed by atoms with E-state index in [4.69, 9.17) is 5.11 Å². The van der Waals surface area contributed by atoms with E-state index in [9.17, 15) is 18.4 Å². The molecule has 0 aliphatic carbocycles.